The number of amides is 1. The van der Waals surface area contributed by atoms with E-state index in [1.807, 2.05) is 0 Å². The summed E-state index contributed by atoms with van der Waals surface area (Å²) in [5, 5.41) is 2.64. The second-order valence-corrected chi connectivity index (χ2v) is 10.1. The molecule has 7 nitrogen and oxygen atoms in total. The molecular weight excluding hydrogens is 364 g/mol. The minimum Gasteiger partial charge on any atom is -0.352 e. The van der Waals surface area contributed by atoms with Crippen LogP contribution in [-0.2, 0) is 31.2 Å². The molecule has 2 rings (SSSR count). The lowest BCUT2D eigenvalue weighted by molar-refractivity contribution is -0.119. The quantitative estimate of drug-likeness (QED) is 0.695. The number of nitrogens with zero attached hydrogens (tertiary/aromatic N) is 1. The van der Waals surface area contributed by atoms with Gasteiger partial charge in [0, 0.05) is 26.1 Å². The minimum atomic E-state index is -3.83. The fourth-order valence-electron chi connectivity index (χ4n) is 2.71. The second kappa shape index (κ2) is 7.67. The number of hydrogen-bond acceptors (Lipinski definition) is 5. The van der Waals surface area contributed by atoms with Crippen molar-refractivity contribution in [3.05, 3.63) is 42.5 Å². The summed E-state index contributed by atoms with van der Waals surface area (Å²) in [5.41, 5.74) is 0.771. The van der Waals surface area contributed by atoms with Gasteiger partial charge in [-0.15, -0.1) is 6.58 Å². The summed E-state index contributed by atoms with van der Waals surface area (Å²) >= 11 is 0. The molecule has 0 aliphatic carbocycles. The molecule has 1 saturated heterocycles. The van der Waals surface area contributed by atoms with E-state index in [-0.39, 0.29) is 35.3 Å². The highest BCUT2D eigenvalue weighted by Gasteiger charge is 2.38. The molecule has 1 atom stereocenters. The first-order valence-electron chi connectivity index (χ1n) is 7.82. The lowest BCUT2D eigenvalue weighted by atomic mass is 10.2. The molecule has 1 heterocycles. The highest BCUT2D eigenvalue weighted by atomic mass is 32.2. The summed E-state index contributed by atoms with van der Waals surface area (Å²) in [6, 6.07) is 5.60. The van der Waals surface area contributed by atoms with Gasteiger partial charge >= 0.3 is 0 Å². The van der Waals surface area contributed by atoms with Crippen LogP contribution in [0.2, 0.25) is 0 Å². The van der Waals surface area contributed by atoms with Crippen molar-refractivity contribution in [2.75, 3.05) is 18.1 Å². The van der Waals surface area contributed by atoms with Crippen molar-refractivity contribution in [1.29, 1.82) is 0 Å². The maximum atomic E-state index is 12.9. The Labute approximate surface area is 148 Å². The van der Waals surface area contributed by atoms with Gasteiger partial charge in [0.05, 0.1) is 16.4 Å². The number of rotatable bonds is 7. The second-order valence-electron chi connectivity index (χ2n) is 5.97. The molecule has 138 valence electrons. The van der Waals surface area contributed by atoms with Gasteiger partial charge in [0.25, 0.3) is 0 Å². The first-order chi connectivity index (χ1) is 11.7. The number of carbonyl (C=O) groups excluding carboxylic acids is 1. The van der Waals surface area contributed by atoms with Crippen LogP contribution in [0.15, 0.2) is 41.8 Å². The van der Waals surface area contributed by atoms with Gasteiger partial charge in [-0.25, -0.2) is 16.8 Å². The van der Waals surface area contributed by atoms with Gasteiger partial charge in [-0.05, 0) is 24.1 Å². The van der Waals surface area contributed by atoms with Crippen molar-refractivity contribution < 1.29 is 21.6 Å². The van der Waals surface area contributed by atoms with Gasteiger partial charge in [0.2, 0.25) is 15.9 Å². The third-order valence-electron chi connectivity index (χ3n) is 4.00. The van der Waals surface area contributed by atoms with Gasteiger partial charge in [0.15, 0.2) is 9.84 Å². The van der Waals surface area contributed by atoms with E-state index in [0.29, 0.717) is 6.54 Å². The van der Waals surface area contributed by atoms with Gasteiger partial charge in [0.1, 0.15) is 0 Å². The summed E-state index contributed by atoms with van der Waals surface area (Å²) in [7, 11) is -7.04. The summed E-state index contributed by atoms with van der Waals surface area (Å²) in [6.45, 7) is 5.34. The minimum absolute atomic E-state index is 0.00349. The van der Waals surface area contributed by atoms with E-state index >= 15 is 0 Å². The van der Waals surface area contributed by atoms with Crippen molar-refractivity contribution in [2.45, 2.75) is 30.8 Å². The Hall–Kier alpha value is -1.71. The van der Waals surface area contributed by atoms with E-state index in [2.05, 4.69) is 11.9 Å². The number of hydrogen-bond donors (Lipinski definition) is 1. The van der Waals surface area contributed by atoms with Crippen molar-refractivity contribution in [3.63, 3.8) is 0 Å². The fourth-order valence-corrected chi connectivity index (χ4v) is 6.16. The molecule has 0 spiro atoms. The van der Waals surface area contributed by atoms with Gasteiger partial charge in [-0.1, -0.05) is 18.2 Å². The Balaban J connectivity index is 2.24. The molecule has 25 heavy (non-hydrogen) atoms. The predicted molar refractivity (Wildman–Crippen MR) is 95.1 cm³/mol. The first kappa shape index (κ1) is 19.6. The monoisotopic (exact) mass is 386 g/mol. The van der Waals surface area contributed by atoms with E-state index in [1.165, 1.54) is 29.4 Å². The number of carbonyl (C=O) groups is 1. The maximum absolute atomic E-state index is 12.9. The topological polar surface area (TPSA) is 101 Å². The molecule has 0 radical (unpaired) electrons. The number of benzene rings is 1. The summed E-state index contributed by atoms with van der Waals surface area (Å²) in [6.07, 6.45) is 1.74. The molecule has 0 unspecified atom stereocenters. The Morgan fingerprint density at radius 3 is 2.48 bits per heavy atom. The first-order valence-corrected chi connectivity index (χ1v) is 11.1. The van der Waals surface area contributed by atoms with Crippen molar-refractivity contribution in [1.82, 2.24) is 9.62 Å². The molecule has 1 aliphatic heterocycles. The van der Waals surface area contributed by atoms with Crippen molar-refractivity contribution >= 4 is 25.8 Å². The highest BCUT2D eigenvalue weighted by Crippen LogP contribution is 2.25. The number of sulfone groups is 1. The van der Waals surface area contributed by atoms with E-state index in [9.17, 15) is 21.6 Å². The summed E-state index contributed by atoms with van der Waals surface area (Å²) in [5.74, 6) is -0.340. The Bertz CT molecular complexity index is 845. The standard InChI is InChI=1S/C16H22N2O5S2/c1-3-9-18(15-8-10-24(20,21)12-15)25(22,23)16-6-4-14(5-7-16)11-17-13(2)19/h3-7,15H,1,8-12H2,2H3,(H,17,19)/t15-/m1/s1. The smallest absolute Gasteiger partial charge is 0.243 e. The molecule has 0 saturated carbocycles. The zero-order valence-electron chi connectivity index (χ0n) is 14.0. The molecule has 1 amide bonds. The van der Waals surface area contributed by atoms with Crippen LogP contribution in [0.5, 0.6) is 0 Å². The van der Waals surface area contributed by atoms with Crippen LogP contribution in [0.3, 0.4) is 0 Å². The largest absolute Gasteiger partial charge is 0.352 e. The Morgan fingerprint density at radius 1 is 1.36 bits per heavy atom. The summed E-state index contributed by atoms with van der Waals surface area (Å²) in [4.78, 5) is 11.0. The van der Waals surface area contributed by atoms with Crippen molar-refractivity contribution in [3.8, 4) is 0 Å². The van der Waals surface area contributed by atoms with Crippen LogP contribution < -0.4 is 5.32 Å². The SMILES string of the molecule is C=CCN([C@@H]1CCS(=O)(=O)C1)S(=O)(=O)c1ccc(CNC(C)=O)cc1. The normalized spacial score (nSPS) is 19.7. The van der Waals surface area contributed by atoms with E-state index in [1.54, 1.807) is 12.1 Å². The average Bonchev–Trinajstić information content (AvgIpc) is 2.90. The lowest BCUT2D eigenvalue weighted by Gasteiger charge is -2.26. The molecule has 1 aliphatic rings. The molecule has 1 aromatic carbocycles. The number of sulfonamides is 1. The Morgan fingerprint density at radius 2 is 2.00 bits per heavy atom. The number of nitrogens with one attached hydrogen (secondary N) is 1. The zero-order chi connectivity index (χ0) is 18.7. The van der Waals surface area contributed by atoms with Crippen LogP contribution in [0.1, 0.15) is 18.9 Å². The molecule has 1 N–H and O–H groups in total. The van der Waals surface area contributed by atoms with Crippen LogP contribution in [0.4, 0.5) is 0 Å². The molecule has 1 fully saturated rings. The molecule has 0 bridgehead atoms. The Kier molecular flexibility index (Phi) is 6.02. The zero-order valence-corrected chi connectivity index (χ0v) is 15.6. The third kappa shape index (κ3) is 4.90. The lowest BCUT2D eigenvalue weighted by Crippen LogP contribution is -2.41. The molecule has 0 aromatic heterocycles. The molecule has 9 heteroatoms. The van der Waals surface area contributed by atoms with Crippen LogP contribution in [-0.4, -0.2) is 51.1 Å². The average molecular weight is 386 g/mol. The third-order valence-corrected chi connectivity index (χ3v) is 7.68. The van der Waals surface area contributed by atoms with Crippen LogP contribution in [0, 0.1) is 0 Å². The summed E-state index contributed by atoms with van der Waals surface area (Å²) < 4.78 is 50.4. The van der Waals surface area contributed by atoms with E-state index in [0.717, 1.165) is 5.56 Å². The van der Waals surface area contributed by atoms with E-state index < -0.39 is 25.9 Å². The van der Waals surface area contributed by atoms with Crippen LogP contribution in [0.25, 0.3) is 0 Å². The van der Waals surface area contributed by atoms with Gasteiger partial charge < -0.3 is 5.32 Å². The molecular formula is C16H22N2O5S2. The molecule has 1 aromatic rings. The fraction of sp³-hybridized carbons (Fsp3) is 0.438. The van der Waals surface area contributed by atoms with E-state index in [4.69, 9.17) is 0 Å². The van der Waals surface area contributed by atoms with Crippen molar-refractivity contribution in [2.24, 2.45) is 0 Å². The maximum Gasteiger partial charge on any atom is 0.243 e. The predicted octanol–water partition coefficient (Wildman–Crippen LogP) is 0.686. The van der Waals surface area contributed by atoms with Gasteiger partial charge in [-0.3, -0.25) is 4.79 Å². The highest BCUT2D eigenvalue weighted by molar-refractivity contribution is 7.92. The van der Waals surface area contributed by atoms with Crippen LogP contribution >= 0.6 is 0 Å². The van der Waals surface area contributed by atoms with Gasteiger partial charge in [-0.2, -0.15) is 4.31 Å².